The molecule has 0 aromatic heterocycles. The Kier molecular flexibility index (Phi) is 25.8. The normalized spacial score (nSPS) is 30.5. The summed E-state index contributed by atoms with van der Waals surface area (Å²) in [5.41, 5.74) is -0.504. The molecule has 5 unspecified atom stereocenters. The van der Waals surface area contributed by atoms with E-state index in [0.29, 0.717) is 48.6 Å². The predicted molar refractivity (Wildman–Crippen MR) is 328 cm³/mol. The molecule has 0 bridgehead atoms. The van der Waals surface area contributed by atoms with Gasteiger partial charge in [0.05, 0.1) is 18.8 Å². The molecule has 14 atom stereocenters. The standard InChI is InChI=1S/C64H96F2N5O13PS/c1-8-55(75)84-64(43(5)35-48-49-37-51(65)50-36-46(72)30-31-61(50,6)63(49,66)53(73)38-62(48,64)7)59(78)86-34-19-14-12-10-9-11-13-18-33-85(80,81)83-39-44-25-27-45(28-26-44)69-57(76)52(23-20-32-68-60(67)79)70-58(77)56(41(2)3)71-54(74)40-82-47-22-17-15-16-21-42(4)24-29-47/h24-31,36,41-43,47-49,51-53,56,73H,8-23,32-35,37-40H2,1-7H3,(H,69,76)(H,70,77)(H,71,74)(H,80,81)(H3,67,68,79)/b29-24-/t42?,43-,47?,48+,49+,51+,52?,53+,56?,61+,62+,63+,64+/m1/s1. The van der Waals surface area contributed by atoms with Crippen molar-refractivity contribution in [1.29, 1.82) is 0 Å². The molecular formula is C64H96F2N5O13PS. The fourth-order valence-electron chi connectivity index (χ4n) is 14.0. The van der Waals surface area contributed by atoms with Crippen LogP contribution in [0.4, 0.5) is 19.3 Å². The minimum Gasteiger partial charge on any atom is -0.449 e. The molecule has 1 aromatic carbocycles. The number of nitrogens with two attached hydrogens (primary N) is 1. The predicted octanol–water partition coefficient (Wildman–Crippen LogP) is 10.6. The summed E-state index contributed by atoms with van der Waals surface area (Å²) in [6.45, 7) is 12.3. The number of benzene rings is 1. The number of unbranched alkanes of at least 4 members (excludes halogenated alkanes) is 7. The van der Waals surface area contributed by atoms with Gasteiger partial charge < -0.3 is 51.0 Å². The summed E-state index contributed by atoms with van der Waals surface area (Å²) in [5, 5.41) is 22.4. The molecule has 5 amide bonds. The Morgan fingerprint density at radius 2 is 1.56 bits per heavy atom. The second kappa shape index (κ2) is 31.6. The zero-order valence-corrected chi connectivity index (χ0v) is 53.2. The summed E-state index contributed by atoms with van der Waals surface area (Å²) in [7, 11) is -3.92. The highest BCUT2D eigenvalue weighted by molar-refractivity contribution is 8.13. The number of hydrogen-bond donors (Lipinski definition) is 7. The number of aliphatic hydroxyl groups excluding tert-OH is 1. The maximum Gasteiger partial charge on any atom is 0.328 e. The number of carbonyl (C=O) groups excluding carboxylic acids is 7. The van der Waals surface area contributed by atoms with Crippen LogP contribution in [0.2, 0.25) is 0 Å². The summed E-state index contributed by atoms with van der Waals surface area (Å²) >= 11 is 1.09. The van der Waals surface area contributed by atoms with Crippen LogP contribution >= 0.6 is 19.4 Å². The number of halogens is 2. The van der Waals surface area contributed by atoms with E-state index in [4.69, 9.17) is 19.7 Å². The third kappa shape index (κ3) is 17.3. The lowest BCUT2D eigenvalue weighted by atomic mass is 9.44. The smallest absolute Gasteiger partial charge is 0.328 e. The summed E-state index contributed by atoms with van der Waals surface area (Å²) < 4.78 is 64.5. The molecule has 0 spiro atoms. The number of fused-ring (bicyclic) bond motifs is 5. The van der Waals surface area contributed by atoms with E-state index in [0.717, 1.165) is 88.5 Å². The molecule has 5 aliphatic rings. The first-order valence-corrected chi connectivity index (χ1v) is 34.1. The number of primary amides is 1. The van der Waals surface area contributed by atoms with E-state index in [1.165, 1.54) is 19.1 Å². The van der Waals surface area contributed by atoms with Crippen molar-refractivity contribution in [1.82, 2.24) is 16.0 Å². The van der Waals surface area contributed by atoms with Crippen molar-refractivity contribution in [2.75, 3.05) is 30.4 Å². The molecule has 5 aliphatic carbocycles. The first-order chi connectivity index (χ1) is 40.7. The minimum absolute atomic E-state index is 0.0103. The Morgan fingerprint density at radius 1 is 0.884 bits per heavy atom. The zero-order chi connectivity index (χ0) is 63.0. The number of ether oxygens (including phenoxy) is 2. The number of anilines is 1. The van der Waals surface area contributed by atoms with Crippen LogP contribution in [0.3, 0.4) is 0 Å². The van der Waals surface area contributed by atoms with Gasteiger partial charge in [-0.15, -0.1) is 0 Å². The van der Waals surface area contributed by atoms with Crippen LogP contribution in [-0.2, 0) is 53.9 Å². The number of esters is 1. The lowest BCUT2D eigenvalue weighted by molar-refractivity contribution is -0.228. The number of nitrogens with one attached hydrogen (secondary N) is 4. The molecule has 0 heterocycles. The van der Waals surface area contributed by atoms with E-state index < -0.39 is 107 Å². The molecule has 0 saturated heterocycles. The van der Waals surface area contributed by atoms with Gasteiger partial charge in [0.1, 0.15) is 24.9 Å². The van der Waals surface area contributed by atoms with E-state index >= 15 is 8.78 Å². The highest BCUT2D eigenvalue weighted by Gasteiger charge is 2.78. The Hall–Kier alpha value is -4.79. The van der Waals surface area contributed by atoms with Crippen molar-refractivity contribution in [3.8, 4) is 0 Å². The third-order valence-corrected chi connectivity index (χ3v) is 21.3. The molecule has 480 valence electrons. The van der Waals surface area contributed by atoms with Gasteiger partial charge in [-0.25, -0.2) is 13.6 Å². The first-order valence-electron chi connectivity index (χ1n) is 31.4. The first kappa shape index (κ1) is 70.3. The van der Waals surface area contributed by atoms with E-state index in [-0.39, 0.29) is 74.3 Å². The van der Waals surface area contributed by atoms with Crippen LogP contribution in [0.15, 0.2) is 60.2 Å². The Morgan fingerprint density at radius 3 is 2.23 bits per heavy atom. The largest absolute Gasteiger partial charge is 0.449 e. The maximum atomic E-state index is 17.8. The number of alkyl halides is 2. The fraction of sp³-hybridized carbons (Fsp3) is 0.703. The van der Waals surface area contributed by atoms with E-state index in [9.17, 15) is 48.1 Å². The van der Waals surface area contributed by atoms with Gasteiger partial charge in [0.25, 0.3) is 0 Å². The fourth-order valence-corrected chi connectivity index (χ4v) is 16.3. The number of amides is 5. The molecule has 8 N–H and O–H groups in total. The number of aliphatic hydroxyl groups is 1. The van der Waals surface area contributed by atoms with Gasteiger partial charge in [-0.05, 0) is 118 Å². The second-order valence-corrected chi connectivity index (χ2v) is 28.5. The molecule has 3 saturated carbocycles. The Labute approximate surface area is 511 Å². The molecule has 18 nitrogen and oxygen atoms in total. The average Bonchev–Trinajstić information content (AvgIpc) is 1.32. The van der Waals surface area contributed by atoms with Crippen molar-refractivity contribution in [3.63, 3.8) is 0 Å². The van der Waals surface area contributed by atoms with Crippen molar-refractivity contribution in [2.24, 2.45) is 46.2 Å². The molecular weight excluding hydrogens is 1150 g/mol. The molecule has 0 radical (unpaired) electrons. The van der Waals surface area contributed by atoms with Crippen LogP contribution in [0.1, 0.15) is 176 Å². The summed E-state index contributed by atoms with van der Waals surface area (Å²) in [5.74, 6) is -4.14. The van der Waals surface area contributed by atoms with E-state index in [2.05, 4.69) is 34.3 Å². The number of carbonyl (C=O) groups is 7. The van der Waals surface area contributed by atoms with Crippen molar-refractivity contribution in [3.05, 3.63) is 65.8 Å². The summed E-state index contributed by atoms with van der Waals surface area (Å²) in [6, 6.07) is 3.77. The van der Waals surface area contributed by atoms with Crippen molar-refractivity contribution in [2.45, 2.75) is 219 Å². The number of rotatable bonds is 30. The number of hydrogen-bond acceptors (Lipinski definition) is 13. The van der Waals surface area contributed by atoms with Gasteiger partial charge >= 0.3 is 19.6 Å². The minimum atomic E-state index is -3.92. The van der Waals surface area contributed by atoms with Crippen LogP contribution in [0.5, 0.6) is 0 Å². The number of ketones is 1. The van der Waals surface area contributed by atoms with Gasteiger partial charge in [0.15, 0.2) is 17.1 Å². The second-order valence-electron chi connectivity index (χ2n) is 25.5. The number of urea groups is 1. The van der Waals surface area contributed by atoms with Gasteiger partial charge in [0, 0.05) is 53.2 Å². The molecule has 86 heavy (non-hydrogen) atoms. The highest BCUT2D eigenvalue weighted by atomic mass is 32.2. The van der Waals surface area contributed by atoms with E-state index in [1.54, 1.807) is 52.0 Å². The maximum absolute atomic E-state index is 17.8. The van der Waals surface area contributed by atoms with Gasteiger partial charge in [-0.1, -0.05) is 141 Å². The van der Waals surface area contributed by atoms with Crippen molar-refractivity contribution < 1.29 is 70.9 Å². The quantitative estimate of drug-likeness (QED) is 0.0163. The van der Waals surface area contributed by atoms with Crippen LogP contribution in [-0.4, -0.2) is 117 Å². The van der Waals surface area contributed by atoms with Crippen LogP contribution < -0.4 is 27.0 Å². The molecule has 3 fully saturated rings. The topological polar surface area (TPSA) is 279 Å². The molecule has 1 aromatic rings. The summed E-state index contributed by atoms with van der Waals surface area (Å²) in [6.07, 6.45) is 16.2. The van der Waals surface area contributed by atoms with Crippen LogP contribution in [0.25, 0.3) is 0 Å². The van der Waals surface area contributed by atoms with Crippen molar-refractivity contribution >= 4 is 65.7 Å². The lowest BCUT2D eigenvalue weighted by Gasteiger charge is -2.63. The molecule has 0 aliphatic heterocycles. The zero-order valence-electron chi connectivity index (χ0n) is 51.5. The van der Waals surface area contributed by atoms with Gasteiger partial charge in [-0.2, -0.15) is 0 Å². The average molecular weight is 1240 g/mol. The Bertz CT molecular complexity index is 2680. The van der Waals surface area contributed by atoms with Crippen LogP contribution in [0, 0.1) is 40.4 Å². The van der Waals surface area contributed by atoms with Gasteiger partial charge in [-0.3, -0.25) is 33.3 Å². The third-order valence-electron chi connectivity index (χ3n) is 18.9. The summed E-state index contributed by atoms with van der Waals surface area (Å²) in [4.78, 5) is 102. The lowest BCUT2D eigenvalue weighted by Crippen LogP contribution is -2.70. The van der Waals surface area contributed by atoms with Gasteiger partial charge in [0.2, 0.25) is 22.8 Å². The SMILES string of the molecule is CCC(=O)O[C@]1(C(=O)SCCCCCCCCCCP(=O)(O)OCc2ccc(NC(=O)C(CCCNC(N)=O)NC(=O)C(NC(=O)COC3/C=C\C(C)CCCCC3)C(C)C)cc2)[C@H](C)C[C@H]2[C@@H]3C[C@H](F)C4=CC(=O)C=C[C@]4(C)[C@@]3(F)[C@@H](O)C[C@@]21C. The number of allylic oxidation sites excluding steroid dienone is 5. The number of thioether (sulfide) groups is 1. The highest BCUT2D eigenvalue weighted by Crippen LogP contribution is 2.72. The Balaban J connectivity index is 0.898. The molecule has 6 rings (SSSR count). The monoisotopic (exact) mass is 1240 g/mol. The van der Waals surface area contributed by atoms with E-state index in [1.807, 2.05) is 13.0 Å². The molecule has 22 heteroatoms.